The van der Waals surface area contributed by atoms with E-state index >= 15 is 0 Å². The van der Waals surface area contributed by atoms with E-state index in [0.29, 0.717) is 0 Å². The number of alkyl halides is 3. The lowest BCUT2D eigenvalue weighted by Crippen LogP contribution is -2.13. The molecule has 2 rings (SSSR count). The fraction of sp³-hybridized carbons (Fsp3) is 0.357. The second-order valence-electron chi connectivity index (χ2n) is 5.10. The number of aromatic nitrogens is 2. The molecule has 0 aliphatic heterocycles. The van der Waals surface area contributed by atoms with Crippen LogP contribution in [-0.2, 0) is 12.7 Å². The summed E-state index contributed by atoms with van der Waals surface area (Å²) in [6.45, 7) is 2.75. The number of nitro groups is 1. The first-order valence-electron chi connectivity index (χ1n) is 6.65. The van der Waals surface area contributed by atoms with E-state index in [1.807, 2.05) is 0 Å². The second kappa shape index (κ2) is 5.99. The molecule has 0 spiro atoms. The Kier molecular flexibility index (Phi) is 4.42. The highest BCUT2D eigenvalue weighted by Gasteiger charge is 2.31. The van der Waals surface area contributed by atoms with Crippen LogP contribution in [0.15, 0.2) is 24.3 Å². The van der Waals surface area contributed by atoms with E-state index in [9.17, 15) is 28.4 Å². The number of rotatable bonds is 4. The van der Waals surface area contributed by atoms with Gasteiger partial charge in [0.1, 0.15) is 11.4 Å². The number of aliphatic hydroxyl groups is 1. The van der Waals surface area contributed by atoms with Gasteiger partial charge >= 0.3 is 11.9 Å². The lowest BCUT2D eigenvalue weighted by atomic mass is 10.1. The Morgan fingerprint density at radius 3 is 2.57 bits per heavy atom. The van der Waals surface area contributed by atoms with Crippen LogP contribution in [0.2, 0.25) is 0 Å². The summed E-state index contributed by atoms with van der Waals surface area (Å²) in [5.74, 6) is 0. The topological polar surface area (TPSA) is 81.2 Å². The molecule has 6 nitrogen and oxygen atoms in total. The molecular formula is C14H14F3N3O3. The van der Waals surface area contributed by atoms with Gasteiger partial charge in [-0.2, -0.15) is 18.3 Å². The maximum absolute atomic E-state index is 12.7. The molecule has 0 bridgehead atoms. The van der Waals surface area contributed by atoms with E-state index in [1.165, 1.54) is 30.7 Å². The van der Waals surface area contributed by atoms with Gasteiger partial charge < -0.3 is 5.11 Å². The lowest BCUT2D eigenvalue weighted by molar-refractivity contribution is -0.386. The molecule has 0 saturated heterocycles. The zero-order valence-electron chi connectivity index (χ0n) is 12.3. The first-order valence-corrected chi connectivity index (χ1v) is 6.65. The van der Waals surface area contributed by atoms with Crippen molar-refractivity contribution in [3.05, 3.63) is 56.9 Å². The van der Waals surface area contributed by atoms with E-state index in [2.05, 4.69) is 5.10 Å². The maximum Gasteiger partial charge on any atom is 0.416 e. The highest BCUT2D eigenvalue weighted by molar-refractivity contribution is 5.39. The van der Waals surface area contributed by atoms with Crippen molar-refractivity contribution < 1.29 is 23.2 Å². The number of aryl methyl sites for hydroxylation is 1. The third-order valence-electron chi connectivity index (χ3n) is 3.47. The number of hydrogen-bond donors (Lipinski definition) is 1. The Hall–Kier alpha value is -2.42. The maximum atomic E-state index is 12.7. The van der Waals surface area contributed by atoms with Crippen molar-refractivity contribution >= 4 is 5.69 Å². The smallest absolute Gasteiger partial charge is 0.386 e. The van der Waals surface area contributed by atoms with Crippen molar-refractivity contribution in [2.75, 3.05) is 0 Å². The van der Waals surface area contributed by atoms with Crippen LogP contribution in [0.5, 0.6) is 0 Å². The molecule has 1 heterocycles. The third-order valence-corrected chi connectivity index (χ3v) is 3.47. The van der Waals surface area contributed by atoms with Crippen molar-refractivity contribution in [1.29, 1.82) is 0 Å². The van der Waals surface area contributed by atoms with Crippen LogP contribution in [0, 0.1) is 24.0 Å². The molecular weight excluding hydrogens is 315 g/mol. The van der Waals surface area contributed by atoms with Crippen LogP contribution in [0.1, 0.15) is 28.6 Å². The lowest BCUT2D eigenvalue weighted by Gasteiger charge is -2.14. The van der Waals surface area contributed by atoms with Gasteiger partial charge in [-0.05, 0) is 31.5 Å². The van der Waals surface area contributed by atoms with Crippen molar-refractivity contribution in [3.63, 3.8) is 0 Å². The SMILES string of the molecule is Cc1nn(CC(O)c2cccc(C(F)(F)F)c2)c(C)c1[N+](=O)[O-]. The summed E-state index contributed by atoms with van der Waals surface area (Å²) < 4.78 is 39.3. The molecule has 2 aromatic rings. The van der Waals surface area contributed by atoms with Crippen LogP contribution in [0.3, 0.4) is 0 Å². The van der Waals surface area contributed by atoms with Gasteiger partial charge in [-0.25, -0.2) is 0 Å². The Morgan fingerprint density at radius 2 is 2.04 bits per heavy atom. The summed E-state index contributed by atoms with van der Waals surface area (Å²) in [7, 11) is 0. The van der Waals surface area contributed by atoms with Gasteiger partial charge in [0, 0.05) is 0 Å². The van der Waals surface area contributed by atoms with E-state index in [4.69, 9.17) is 0 Å². The predicted octanol–water partition coefficient (Wildman–Crippen LogP) is 3.16. The first kappa shape index (κ1) is 16.9. The number of halogens is 3. The van der Waals surface area contributed by atoms with Crippen molar-refractivity contribution in [2.45, 2.75) is 32.7 Å². The highest BCUT2D eigenvalue weighted by Crippen LogP contribution is 2.31. The summed E-state index contributed by atoms with van der Waals surface area (Å²) in [4.78, 5) is 10.4. The Bertz CT molecular complexity index is 741. The van der Waals surface area contributed by atoms with Crippen LogP contribution in [0.25, 0.3) is 0 Å². The minimum atomic E-state index is -4.51. The second-order valence-corrected chi connectivity index (χ2v) is 5.10. The van der Waals surface area contributed by atoms with Gasteiger partial charge in [0.2, 0.25) is 0 Å². The first-order chi connectivity index (χ1) is 10.6. The highest BCUT2D eigenvalue weighted by atomic mass is 19.4. The average molecular weight is 329 g/mol. The molecule has 1 unspecified atom stereocenters. The fourth-order valence-corrected chi connectivity index (χ4v) is 2.32. The largest absolute Gasteiger partial charge is 0.416 e. The molecule has 0 radical (unpaired) electrons. The van der Waals surface area contributed by atoms with E-state index in [0.717, 1.165) is 12.1 Å². The minimum absolute atomic E-state index is 0.0648. The quantitative estimate of drug-likeness (QED) is 0.690. The van der Waals surface area contributed by atoms with Gasteiger partial charge in [-0.15, -0.1) is 0 Å². The van der Waals surface area contributed by atoms with Crippen molar-refractivity contribution in [3.8, 4) is 0 Å². The number of hydrogen-bond acceptors (Lipinski definition) is 4. The molecule has 1 atom stereocenters. The Labute approximate surface area is 129 Å². The zero-order chi connectivity index (χ0) is 17.4. The van der Waals surface area contributed by atoms with Crippen LogP contribution in [-0.4, -0.2) is 19.8 Å². The van der Waals surface area contributed by atoms with Gasteiger partial charge in [0.25, 0.3) is 0 Å². The molecule has 0 saturated carbocycles. The molecule has 124 valence electrons. The normalized spacial score (nSPS) is 13.1. The molecule has 1 N–H and O–H groups in total. The molecule has 0 fully saturated rings. The van der Waals surface area contributed by atoms with Crippen molar-refractivity contribution in [2.24, 2.45) is 0 Å². The molecule has 1 aromatic carbocycles. The molecule has 0 aliphatic carbocycles. The number of nitrogens with zero attached hydrogens (tertiary/aromatic N) is 3. The van der Waals surface area contributed by atoms with Gasteiger partial charge in [-0.1, -0.05) is 12.1 Å². The summed E-state index contributed by atoms with van der Waals surface area (Å²) >= 11 is 0. The number of benzene rings is 1. The fourth-order valence-electron chi connectivity index (χ4n) is 2.32. The third kappa shape index (κ3) is 3.50. The number of aliphatic hydroxyl groups excluding tert-OH is 1. The van der Waals surface area contributed by atoms with E-state index in [1.54, 1.807) is 0 Å². The molecule has 9 heteroatoms. The van der Waals surface area contributed by atoms with Gasteiger partial charge in [0.05, 0.1) is 23.1 Å². The molecule has 0 aliphatic rings. The monoisotopic (exact) mass is 329 g/mol. The van der Waals surface area contributed by atoms with Gasteiger partial charge in [-0.3, -0.25) is 14.8 Å². The molecule has 1 aromatic heterocycles. The summed E-state index contributed by atoms with van der Waals surface area (Å²) in [5.41, 5.74) is -0.549. The van der Waals surface area contributed by atoms with Gasteiger partial charge in [0.15, 0.2) is 0 Å². The van der Waals surface area contributed by atoms with E-state index < -0.39 is 22.8 Å². The van der Waals surface area contributed by atoms with E-state index in [-0.39, 0.29) is 29.2 Å². The standard InChI is InChI=1S/C14H14F3N3O3/c1-8-13(20(22)23)9(2)19(18-8)7-12(21)10-4-3-5-11(6-10)14(15,16)17/h3-6,12,21H,7H2,1-2H3. The minimum Gasteiger partial charge on any atom is -0.386 e. The van der Waals surface area contributed by atoms with Crippen LogP contribution in [0.4, 0.5) is 18.9 Å². The Balaban J connectivity index is 2.28. The van der Waals surface area contributed by atoms with Crippen molar-refractivity contribution in [1.82, 2.24) is 9.78 Å². The summed E-state index contributed by atoms with van der Waals surface area (Å²) in [6, 6.07) is 4.32. The van der Waals surface area contributed by atoms with Crippen LogP contribution < -0.4 is 0 Å². The zero-order valence-corrected chi connectivity index (χ0v) is 12.3. The average Bonchev–Trinajstić information content (AvgIpc) is 2.72. The van der Waals surface area contributed by atoms with Crippen LogP contribution >= 0.6 is 0 Å². The Morgan fingerprint density at radius 1 is 1.39 bits per heavy atom. The summed E-state index contributed by atoms with van der Waals surface area (Å²) in [6.07, 6.45) is -5.78. The molecule has 23 heavy (non-hydrogen) atoms. The molecule has 0 amide bonds. The summed E-state index contributed by atoms with van der Waals surface area (Å²) in [5, 5.41) is 25.0. The predicted molar refractivity (Wildman–Crippen MR) is 74.8 cm³/mol.